The van der Waals surface area contributed by atoms with E-state index < -0.39 is 19.5 Å². The van der Waals surface area contributed by atoms with Crippen molar-refractivity contribution in [1.82, 2.24) is 0 Å². The van der Waals surface area contributed by atoms with E-state index in [1.807, 2.05) is 6.92 Å². The van der Waals surface area contributed by atoms with Gasteiger partial charge in [0.05, 0.1) is 19.8 Å². The lowest BCUT2D eigenvalue weighted by Gasteiger charge is -2.19. The van der Waals surface area contributed by atoms with E-state index in [0.29, 0.717) is 16.6 Å². The number of halogens is 4. The van der Waals surface area contributed by atoms with Gasteiger partial charge in [-0.25, -0.2) is 4.57 Å². The van der Waals surface area contributed by atoms with Gasteiger partial charge in [0, 0.05) is 9.78 Å². The maximum absolute atomic E-state index is 13.6. The average Bonchev–Trinajstić information content (AvgIpc) is 4.15. The number of nitrogens with zero attached hydrogens (tertiary/aromatic N) is 1. The molecule has 0 aromatic heterocycles. The molecule has 1 unspecified atom stereocenters. The minimum absolute atomic E-state index is 0.000554. The van der Waals surface area contributed by atoms with E-state index in [-0.39, 0.29) is 24.7 Å². The maximum Gasteiger partial charge on any atom is 0.469 e. The number of benzene rings is 1. The number of allylic oxidation sites excluding steroid dienone is 19. The van der Waals surface area contributed by atoms with Crippen LogP contribution in [0.3, 0.4) is 0 Å². The first kappa shape index (κ1) is 69.0. The van der Waals surface area contributed by atoms with Crippen molar-refractivity contribution in [2.75, 3.05) is 13.2 Å². The molecule has 0 aliphatic carbocycles. The molecule has 2 atom stereocenters. The van der Waals surface area contributed by atoms with Gasteiger partial charge < -0.3 is 14.5 Å². The van der Waals surface area contributed by atoms with E-state index >= 15 is 0 Å². The first-order valence-electron chi connectivity index (χ1n) is 28.1. The van der Waals surface area contributed by atoms with Crippen molar-refractivity contribution in [3.8, 4) is 0 Å². The molecule has 0 radical (unpaired) electrons. The third-order valence-corrected chi connectivity index (χ3v) is 15.6. The van der Waals surface area contributed by atoms with Crippen molar-refractivity contribution < 1.29 is 36.8 Å². The molecular formula is C65H98F3INO5P. The fraction of sp³-hybridized carbons (Fsp3) is 0.585. The second-order valence-corrected chi connectivity index (χ2v) is 24.4. The summed E-state index contributed by atoms with van der Waals surface area (Å²) in [6, 6.07) is 4.72. The Hall–Kier alpha value is -3.12. The Morgan fingerprint density at radius 3 is 1.29 bits per heavy atom. The molecular weight excluding hydrogens is 1090 g/mol. The Labute approximate surface area is 473 Å². The van der Waals surface area contributed by atoms with Gasteiger partial charge in [0.2, 0.25) is 5.54 Å². The van der Waals surface area contributed by atoms with Crippen molar-refractivity contribution in [3.63, 3.8) is 0 Å². The topological polar surface area (TPSA) is 88.4 Å². The van der Waals surface area contributed by atoms with Crippen LogP contribution in [0.15, 0.2) is 140 Å². The number of alkyl halides is 3. The van der Waals surface area contributed by atoms with Gasteiger partial charge in [-0.15, -0.1) is 0 Å². The van der Waals surface area contributed by atoms with E-state index in [1.54, 1.807) is 6.07 Å². The zero-order valence-corrected chi connectivity index (χ0v) is 51.7. The molecule has 1 aromatic carbocycles. The Kier molecular flexibility index (Phi) is 34.2. The molecule has 0 saturated heterocycles. The van der Waals surface area contributed by atoms with Crippen molar-refractivity contribution in [3.05, 3.63) is 149 Å². The van der Waals surface area contributed by atoms with Gasteiger partial charge in [0.25, 0.3) is 0 Å². The van der Waals surface area contributed by atoms with Crippen LogP contribution in [-0.2, 0) is 26.0 Å². The summed E-state index contributed by atoms with van der Waals surface area (Å²) in [6.45, 7) is 25.1. The van der Waals surface area contributed by atoms with Crippen LogP contribution in [0, 0.1) is 9.49 Å². The predicted molar refractivity (Wildman–Crippen MR) is 327 cm³/mol. The molecule has 1 heterocycles. The highest BCUT2D eigenvalue weighted by Gasteiger charge is 2.61. The van der Waals surface area contributed by atoms with Crippen LogP contribution in [0.5, 0.6) is 0 Å². The summed E-state index contributed by atoms with van der Waals surface area (Å²) >= 11 is 2.06. The van der Waals surface area contributed by atoms with Crippen LogP contribution in [0.4, 0.5) is 13.2 Å². The van der Waals surface area contributed by atoms with E-state index in [4.69, 9.17) is 14.5 Å². The smallest absolute Gasteiger partial charge is 0.372 e. The predicted octanol–water partition coefficient (Wildman–Crippen LogP) is 21.1. The third-order valence-electron chi connectivity index (χ3n) is 14.1. The standard InChI is InChI=1S/C65H98F3INO5P/c1-50(2)22-12-23-51(3)24-13-25-52(4)26-14-27-53(5)28-15-29-54(6)30-16-31-55(7)32-17-33-56(8)34-18-35-57(9)36-19-37-58(10)38-20-40-60(41-21-39-59(11)44-45-75-76(71,72)73)47-74-48-61-42-43-62(46-63(61)69)64(49-70-64)65(66,67)68/h22,24,26,28,30,32,34,36,38,41-43,46,49,59H,12-21,23,25,27,29,31,33,35,37,39-40,44-45,47-48H2,1-11H3,(H2,71,72,73)/b51-24+,52-26+,53-28-,54-30-,55-32-,56-34-,57-36-,58-38-,60-41+/t59-,64?/m0/s1. The van der Waals surface area contributed by atoms with Crippen LogP contribution in [-0.4, -0.2) is 35.4 Å². The Morgan fingerprint density at radius 2 is 0.961 bits per heavy atom. The van der Waals surface area contributed by atoms with E-state index in [1.165, 1.54) is 68.7 Å². The highest BCUT2D eigenvalue weighted by Crippen LogP contribution is 2.48. The van der Waals surface area contributed by atoms with Crippen molar-refractivity contribution in [1.29, 1.82) is 0 Å². The molecule has 6 nitrogen and oxygen atoms in total. The summed E-state index contributed by atoms with van der Waals surface area (Å²) in [5.41, 5.74) is 13.0. The molecule has 76 heavy (non-hydrogen) atoms. The number of rotatable bonds is 39. The van der Waals surface area contributed by atoms with Crippen LogP contribution in [0.1, 0.15) is 222 Å². The molecule has 426 valence electrons. The first-order chi connectivity index (χ1) is 35.9. The van der Waals surface area contributed by atoms with Gasteiger partial charge in [-0.1, -0.05) is 130 Å². The van der Waals surface area contributed by atoms with Crippen LogP contribution in [0.2, 0.25) is 0 Å². The zero-order chi connectivity index (χ0) is 56.6. The normalized spacial score (nSPS) is 17.2. The molecule has 2 N–H and O–H groups in total. The van der Waals surface area contributed by atoms with Crippen LogP contribution in [0.25, 0.3) is 0 Å². The molecule has 0 amide bonds. The lowest BCUT2D eigenvalue weighted by molar-refractivity contribution is -0.156. The van der Waals surface area contributed by atoms with E-state index in [9.17, 15) is 17.7 Å². The number of ether oxygens (including phenoxy) is 1. The fourth-order valence-corrected chi connectivity index (χ4v) is 9.79. The summed E-state index contributed by atoms with van der Waals surface area (Å²) in [5.74, 6) is 0.210. The maximum atomic E-state index is 13.6. The Morgan fingerprint density at radius 1 is 0.592 bits per heavy atom. The van der Waals surface area contributed by atoms with E-state index in [0.717, 1.165) is 139 Å². The molecule has 1 aliphatic heterocycles. The van der Waals surface area contributed by atoms with Gasteiger partial charge in [-0.2, -0.15) is 13.2 Å². The number of hydrogen-bond donors (Lipinski definition) is 2. The van der Waals surface area contributed by atoms with E-state index in [2.05, 4.69) is 162 Å². The summed E-state index contributed by atoms with van der Waals surface area (Å²) in [4.78, 5) is 21.6. The minimum atomic E-state index is -4.48. The monoisotopic (exact) mass is 1190 g/mol. The van der Waals surface area contributed by atoms with Gasteiger partial charge >= 0.3 is 14.0 Å². The highest BCUT2D eigenvalue weighted by atomic mass is 127. The Bertz CT molecular complexity index is 2310. The SMILES string of the molecule is CC(C)=CCC/C(C)=C/CC/C(C)=C/CC/C(C)=C\CC/C(C)=C\CC/C(C)=C\CC/C(C)=C\CC/C(C)=C\CC/C(C)=C\CC/C(=C\CC[C@H](C)CCOP(=O)(O)O)COCc1ccc(C2(C(F)(F)F)C=N2)cc1I. The third kappa shape index (κ3) is 32.7. The highest BCUT2D eigenvalue weighted by molar-refractivity contribution is 14.1. The Balaban J connectivity index is 1.72. The lowest BCUT2D eigenvalue weighted by atomic mass is 9.96. The number of aliphatic imine (C=N–C) groups is 1. The first-order valence-corrected chi connectivity index (χ1v) is 30.8. The summed E-state index contributed by atoms with van der Waals surface area (Å²) in [5, 5.41) is 0. The van der Waals surface area contributed by atoms with Gasteiger partial charge in [0.15, 0.2) is 0 Å². The molecule has 1 aromatic rings. The summed E-state index contributed by atoms with van der Waals surface area (Å²) in [6.07, 6.45) is 41.8. The van der Waals surface area contributed by atoms with Gasteiger partial charge in [-0.05, 0) is 255 Å². The molecule has 1 aliphatic rings. The lowest BCUT2D eigenvalue weighted by Crippen LogP contribution is -2.32. The molecule has 0 bridgehead atoms. The van der Waals surface area contributed by atoms with Crippen LogP contribution < -0.4 is 0 Å². The molecule has 11 heteroatoms. The largest absolute Gasteiger partial charge is 0.469 e. The number of phosphoric acid groups is 1. The summed E-state index contributed by atoms with van der Waals surface area (Å²) < 4.78 is 63.4. The van der Waals surface area contributed by atoms with Crippen LogP contribution >= 0.6 is 30.4 Å². The number of phosphoric ester groups is 1. The number of hydrogen-bond acceptors (Lipinski definition) is 4. The van der Waals surface area contributed by atoms with Crippen molar-refractivity contribution in [2.45, 2.75) is 229 Å². The molecule has 0 saturated carbocycles. The van der Waals surface area contributed by atoms with Gasteiger partial charge in [-0.3, -0.25) is 9.52 Å². The van der Waals surface area contributed by atoms with Gasteiger partial charge in [0.1, 0.15) is 0 Å². The minimum Gasteiger partial charge on any atom is -0.372 e. The van der Waals surface area contributed by atoms with Crippen molar-refractivity contribution >= 4 is 36.6 Å². The second-order valence-electron chi connectivity index (χ2n) is 22.0. The average molecular weight is 1190 g/mol. The summed E-state index contributed by atoms with van der Waals surface area (Å²) in [7, 11) is -4.48. The molecule has 0 fully saturated rings. The molecule has 0 spiro atoms. The molecule has 2 rings (SSSR count). The quantitative estimate of drug-likeness (QED) is 0.0390. The van der Waals surface area contributed by atoms with Crippen molar-refractivity contribution in [2.24, 2.45) is 10.9 Å². The fourth-order valence-electron chi connectivity index (χ4n) is 8.77. The zero-order valence-electron chi connectivity index (χ0n) is 48.7. The second kappa shape index (κ2) is 37.7.